The van der Waals surface area contributed by atoms with Gasteiger partial charge in [-0.1, -0.05) is 11.6 Å². The predicted molar refractivity (Wildman–Crippen MR) is 83.9 cm³/mol. The van der Waals surface area contributed by atoms with E-state index < -0.39 is 0 Å². The number of rotatable bonds is 4. The van der Waals surface area contributed by atoms with E-state index in [9.17, 15) is 0 Å². The molecule has 3 rings (SSSR count). The van der Waals surface area contributed by atoms with Crippen LogP contribution in [0.3, 0.4) is 0 Å². The number of aromatic nitrogens is 1. The molecule has 1 aromatic heterocycles. The number of hydrogen-bond donors (Lipinski definition) is 1. The van der Waals surface area contributed by atoms with Crippen LogP contribution in [0.5, 0.6) is 11.5 Å². The summed E-state index contributed by atoms with van der Waals surface area (Å²) in [5.74, 6) is 1.53. The molecule has 1 saturated heterocycles. The van der Waals surface area contributed by atoms with Crippen molar-refractivity contribution in [3.05, 3.63) is 53.3 Å². The largest absolute Gasteiger partial charge is 0.457 e. The number of benzene rings is 1. The lowest BCUT2D eigenvalue weighted by Gasteiger charge is -2.27. The Hall–Kier alpha value is -1.62. The predicted octanol–water partition coefficient (Wildman–Crippen LogP) is 2.93. The van der Waals surface area contributed by atoms with Crippen LogP contribution in [0.15, 0.2) is 42.7 Å². The molecule has 1 aromatic carbocycles. The minimum Gasteiger partial charge on any atom is -0.457 e. The van der Waals surface area contributed by atoms with E-state index in [0.29, 0.717) is 5.02 Å². The van der Waals surface area contributed by atoms with Crippen LogP contribution in [-0.2, 0) is 6.54 Å². The summed E-state index contributed by atoms with van der Waals surface area (Å²) < 4.78 is 5.83. The first-order chi connectivity index (χ1) is 10.3. The molecule has 1 fully saturated rings. The molecular formula is C16H18ClN3O. The molecule has 1 N–H and O–H groups in total. The van der Waals surface area contributed by atoms with Gasteiger partial charge in [0.15, 0.2) is 0 Å². The minimum atomic E-state index is 0.701. The summed E-state index contributed by atoms with van der Waals surface area (Å²) in [6.45, 7) is 5.11. The number of ether oxygens (including phenoxy) is 1. The van der Waals surface area contributed by atoms with Crippen LogP contribution in [0.25, 0.3) is 0 Å². The van der Waals surface area contributed by atoms with Gasteiger partial charge >= 0.3 is 0 Å². The first-order valence-electron chi connectivity index (χ1n) is 7.10. The number of nitrogens with zero attached hydrogens (tertiary/aromatic N) is 2. The van der Waals surface area contributed by atoms with Crippen molar-refractivity contribution < 1.29 is 4.74 Å². The van der Waals surface area contributed by atoms with Gasteiger partial charge in [-0.15, -0.1) is 0 Å². The highest BCUT2D eigenvalue weighted by atomic mass is 35.5. The van der Waals surface area contributed by atoms with Crippen LogP contribution >= 0.6 is 11.6 Å². The van der Waals surface area contributed by atoms with Crippen LogP contribution in [0.4, 0.5) is 0 Å². The van der Waals surface area contributed by atoms with Gasteiger partial charge in [-0.25, -0.2) is 0 Å². The highest BCUT2D eigenvalue weighted by Gasteiger charge is 2.11. The summed E-state index contributed by atoms with van der Waals surface area (Å²) in [6.07, 6.45) is 3.42. The number of halogens is 1. The Bertz CT molecular complexity index is 585. The molecule has 0 unspecified atom stereocenters. The van der Waals surface area contributed by atoms with E-state index in [1.807, 2.05) is 30.3 Å². The zero-order valence-corrected chi connectivity index (χ0v) is 12.5. The molecule has 0 amide bonds. The van der Waals surface area contributed by atoms with Crippen LogP contribution in [-0.4, -0.2) is 36.1 Å². The SMILES string of the molecule is Clc1cc(CN2CCNCC2)cc(Oc2ccncc2)c1. The second kappa shape index (κ2) is 6.89. The van der Waals surface area contributed by atoms with Gasteiger partial charge in [0, 0.05) is 50.1 Å². The minimum absolute atomic E-state index is 0.701. The topological polar surface area (TPSA) is 37.4 Å². The molecule has 1 aliphatic rings. The summed E-state index contributed by atoms with van der Waals surface area (Å²) in [5.41, 5.74) is 1.17. The number of pyridine rings is 1. The maximum Gasteiger partial charge on any atom is 0.130 e. The molecule has 21 heavy (non-hydrogen) atoms. The van der Waals surface area contributed by atoms with Gasteiger partial charge in [-0.05, 0) is 35.9 Å². The Balaban J connectivity index is 1.73. The molecule has 0 saturated carbocycles. The van der Waals surface area contributed by atoms with Crippen molar-refractivity contribution >= 4 is 11.6 Å². The van der Waals surface area contributed by atoms with Crippen molar-refractivity contribution in [3.63, 3.8) is 0 Å². The standard InChI is InChI=1S/C16H18ClN3O/c17-14-9-13(12-20-7-5-19-6-8-20)10-16(11-14)21-15-1-3-18-4-2-15/h1-4,9-11,19H,5-8,12H2. The summed E-state index contributed by atoms with van der Waals surface area (Å²) >= 11 is 6.21. The Morgan fingerprint density at radius 1 is 1.10 bits per heavy atom. The maximum absolute atomic E-state index is 6.21. The van der Waals surface area contributed by atoms with Gasteiger partial charge in [-0.2, -0.15) is 0 Å². The average Bonchev–Trinajstić information content (AvgIpc) is 2.48. The van der Waals surface area contributed by atoms with Gasteiger partial charge < -0.3 is 10.1 Å². The van der Waals surface area contributed by atoms with Crippen LogP contribution < -0.4 is 10.1 Å². The van der Waals surface area contributed by atoms with E-state index in [2.05, 4.69) is 15.2 Å². The molecule has 2 aromatic rings. The fraction of sp³-hybridized carbons (Fsp3) is 0.312. The molecule has 1 aliphatic heterocycles. The second-order valence-electron chi connectivity index (χ2n) is 5.11. The number of nitrogens with one attached hydrogen (secondary N) is 1. The number of piperazine rings is 1. The van der Waals surface area contributed by atoms with Crippen LogP contribution in [0, 0.1) is 0 Å². The van der Waals surface area contributed by atoms with E-state index >= 15 is 0 Å². The molecule has 4 nitrogen and oxygen atoms in total. The average molecular weight is 304 g/mol. The number of hydrogen-bond acceptors (Lipinski definition) is 4. The molecule has 0 atom stereocenters. The highest BCUT2D eigenvalue weighted by Crippen LogP contribution is 2.26. The third-order valence-corrected chi connectivity index (χ3v) is 3.65. The van der Waals surface area contributed by atoms with Crippen LogP contribution in [0.2, 0.25) is 5.02 Å². The van der Waals surface area contributed by atoms with Crippen molar-refractivity contribution in [2.24, 2.45) is 0 Å². The zero-order chi connectivity index (χ0) is 14.5. The Morgan fingerprint density at radius 2 is 1.86 bits per heavy atom. The van der Waals surface area contributed by atoms with Crippen molar-refractivity contribution in [2.45, 2.75) is 6.54 Å². The summed E-state index contributed by atoms with van der Waals surface area (Å²) in [4.78, 5) is 6.40. The molecule has 0 spiro atoms. The van der Waals surface area contributed by atoms with Gasteiger partial charge in [0.05, 0.1) is 0 Å². The van der Waals surface area contributed by atoms with E-state index in [1.54, 1.807) is 12.4 Å². The molecule has 0 bridgehead atoms. The second-order valence-corrected chi connectivity index (χ2v) is 5.54. The summed E-state index contributed by atoms with van der Waals surface area (Å²) in [7, 11) is 0. The lowest BCUT2D eigenvalue weighted by molar-refractivity contribution is 0.233. The van der Waals surface area contributed by atoms with Crippen molar-refractivity contribution in [1.29, 1.82) is 0 Å². The third-order valence-electron chi connectivity index (χ3n) is 3.43. The van der Waals surface area contributed by atoms with E-state index in [4.69, 9.17) is 16.3 Å². The third kappa shape index (κ3) is 4.17. The van der Waals surface area contributed by atoms with Gasteiger partial charge in [0.25, 0.3) is 0 Å². The van der Waals surface area contributed by atoms with E-state index in [0.717, 1.165) is 44.2 Å². The normalized spacial score (nSPS) is 15.9. The summed E-state index contributed by atoms with van der Waals surface area (Å²) in [5, 5.41) is 4.06. The van der Waals surface area contributed by atoms with Gasteiger partial charge in [0.2, 0.25) is 0 Å². The van der Waals surface area contributed by atoms with E-state index in [1.165, 1.54) is 5.56 Å². The maximum atomic E-state index is 6.21. The first-order valence-corrected chi connectivity index (χ1v) is 7.48. The molecule has 5 heteroatoms. The Morgan fingerprint density at radius 3 is 2.62 bits per heavy atom. The fourth-order valence-electron chi connectivity index (χ4n) is 2.44. The fourth-order valence-corrected chi connectivity index (χ4v) is 2.69. The van der Waals surface area contributed by atoms with Crippen molar-refractivity contribution in [2.75, 3.05) is 26.2 Å². The molecular weight excluding hydrogens is 286 g/mol. The molecule has 2 heterocycles. The van der Waals surface area contributed by atoms with Crippen LogP contribution in [0.1, 0.15) is 5.56 Å². The first kappa shape index (κ1) is 14.3. The lowest BCUT2D eigenvalue weighted by atomic mass is 10.2. The Labute approximate surface area is 129 Å². The Kier molecular flexibility index (Phi) is 4.70. The lowest BCUT2D eigenvalue weighted by Crippen LogP contribution is -2.42. The smallest absolute Gasteiger partial charge is 0.130 e. The molecule has 0 aliphatic carbocycles. The van der Waals surface area contributed by atoms with Gasteiger partial charge in [-0.3, -0.25) is 9.88 Å². The monoisotopic (exact) mass is 303 g/mol. The zero-order valence-electron chi connectivity index (χ0n) is 11.8. The molecule has 110 valence electrons. The van der Waals surface area contributed by atoms with Gasteiger partial charge in [0.1, 0.15) is 11.5 Å². The summed E-state index contributed by atoms with van der Waals surface area (Å²) in [6, 6.07) is 9.55. The van der Waals surface area contributed by atoms with Crippen molar-refractivity contribution in [1.82, 2.24) is 15.2 Å². The highest BCUT2D eigenvalue weighted by molar-refractivity contribution is 6.30. The quantitative estimate of drug-likeness (QED) is 0.942. The van der Waals surface area contributed by atoms with E-state index in [-0.39, 0.29) is 0 Å². The van der Waals surface area contributed by atoms with Crippen molar-refractivity contribution in [3.8, 4) is 11.5 Å². The molecule has 0 radical (unpaired) electrons.